The Morgan fingerprint density at radius 3 is 2.49 bits per heavy atom. The summed E-state index contributed by atoms with van der Waals surface area (Å²) in [5, 5.41) is 7.95. The molecule has 0 N–H and O–H groups in total. The Morgan fingerprint density at radius 1 is 1.03 bits per heavy atom. The second kappa shape index (κ2) is 7.95. The van der Waals surface area contributed by atoms with Crippen LogP contribution >= 0.6 is 0 Å². The Kier molecular flexibility index (Phi) is 5.21. The lowest BCUT2D eigenvalue weighted by atomic mass is 9.95. The molecule has 3 aromatic rings. The first-order chi connectivity index (χ1) is 17.4. The molecule has 198 valence electrons. The molecule has 0 unspecified atom stereocenters. The smallest absolute Gasteiger partial charge is 0.418 e. The van der Waals surface area contributed by atoms with Gasteiger partial charge in [-0.25, -0.2) is 0 Å². The molecule has 2 saturated heterocycles. The Labute approximate surface area is 207 Å². The average Bonchev–Trinajstić information content (AvgIpc) is 3.13. The molecule has 1 saturated carbocycles. The molecule has 6 rings (SSSR count). The number of halogens is 6. The number of alkyl halides is 6. The third-order valence-corrected chi connectivity index (χ3v) is 8.00. The van der Waals surface area contributed by atoms with Crippen LogP contribution in [0.1, 0.15) is 30.7 Å². The van der Waals surface area contributed by atoms with Crippen molar-refractivity contribution in [1.29, 1.82) is 0 Å². The minimum Gasteiger partial charge on any atom is -0.446 e. The second-order valence-corrected chi connectivity index (χ2v) is 10.2. The van der Waals surface area contributed by atoms with E-state index in [1.54, 1.807) is 0 Å². The molecule has 4 heterocycles. The van der Waals surface area contributed by atoms with Gasteiger partial charge < -0.3 is 19.0 Å². The van der Waals surface area contributed by atoms with Gasteiger partial charge in [0, 0.05) is 43.4 Å². The predicted molar refractivity (Wildman–Crippen MR) is 119 cm³/mol. The van der Waals surface area contributed by atoms with Crippen LogP contribution in [0.3, 0.4) is 0 Å². The van der Waals surface area contributed by atoms with Gasteiger partial charge in [0.25, 0.3) is 0 Å². The van der Waals surface area contributed by atoms with Crippen molar-refractivity contribution in [2.45, 2.75) is 43.1 Å². The molecular weight excluding hydrogens is 504 g/mol. The third kappa shape index (κ3) is 3.72. The van der Waals surface area contributed by atoms with Crippen molar-refractivity contribution >= 4 is 16.6 Å². The van der Waals surface area contributed by atoms with Crippen LogP contribution in [0.25, 0.3) is 10.9 Å². The van der Waals surface area contributed by atoms with E-state index in [-0.39, 0.29) is 47.6 Å². The maximum Gasteiger partial charge on any atom is 0.418 e. The number of nitrogens with zero attached hydrogens (tertiary/aromatic N) is 5. The molecule has 0 amide bonds. The molecule has 13 heteroatoms. The van der Waals surface area contributed by atoms with Gasteiger partial charge in [0.2, 0.25) is 5.89 Å². The SMILES string of the molecule is CN1CCC(Oc2nnc([C@]34CN(c5ccc(C(F)(F)F)c6ncccc56)C[C@@]3(C(F)(F)F)C4)o2)CC1. The summed E-state index contributed by atoms with van der Waals surface area (Å²) in [5.74, 6) is -0.162. The fourth-order valence-corrected chi connectivity index (χ4v) is 5.93. The monoisotopic (exact) mass is 527 g/mol. The van der Waals surface area contributed by atoms with Gasteiger partial charge >= 0.3 is 18.4 Å². The number of piperidine rings is 2. The Balaban J connectivity index is 1.33. The fourth-order valence-electron chi connectivity index (χ4n) is 5.93. The molecule has 37 heavy (non-hydrogen) atoms. The molecule has 1 aliphatic carbocycles. The zero-order valence-corrected chi connectivity index (χ0v) is 19.7. The van der Waals surface area contributed by atoms with Crippen molar-refractivity contribution in [3.8, 4) is 6.08 Å². The number of hydrogen-bond acceptors (Lipinski definition) is 7. The highest BCUT2D eigenvalue weighted by Crippen LogP contribution is 2.75. The number of hydrogen-bond donors (Lipinski definition) is 0. The minimum atomic E-state index is -4.65. The number of fused-ring (bicyclic) bond motifs is 2. The first-order valence-electron chi connectivity index (χ1n) is 11.9. The van der Waals surface area contributed by atoms with E-state index in [2.05, 4.69) is 20.1 Å². The van der Waals surface area contributed by atoms with Gasteiger partial charge in [0.05, 0.1) is 16.5 Å². The van der Waals surface area contributed by atoms with E-state index in [1.807, 2.05) is 7.05 Å². The predicted octanol–water partition coefficient (Wildman–Crippen LogP) is 4.82. The van der Waals surface area contributed by atoms with Crippen LogP contribution < -0.4 is 9.64 Å². The van der Waals surface area contributed by atoms with Crippen LogP contribution in [0.5, 0.6) is 6.08 Å². The Bertz CT molecular complexity index is 1340. The maximum absolute atomic E-state index is 14.4. The van der Waals surface area contributed by atoms with Gasteiger partial charge in [-0.15, -0.1) is 5.10 Å². The summed E-state index contributed by atoms with van der Waals surface area (Å²) in [6.07, 6.45) is -7.13. The molecule has 3 fully saturated rings. The average molecular weight is 527 g/mol. The highest BCUT2D eigenvalue weighted by molar-refractivity contribution is 5.94. The quantitative estimate of drug-likeness (QED) is 0.451. The number of benzene rings is 1. The van der Waals surface area contributed by atoms with E-state index in [0.29, 0.717) is 0 Å². The van der Waals surface area contributed by atoms with E-state index < -0.39 is 35.3 Å². The molecule has 1 aromatic carbocycles. The topological polar surface area (TPSA) is 67.5 Å². The Hall–Kier alpha value is -3.09. The molecule has 0 bridgehead atoms. The molecule has 0 spiro atoms. The first kappa shape index (κ1) is 24.3. The number of rotatable bonds is 4. The van der Waals surface area contributed by atoms with Crippen LogP contribution in [0.4, 0.5) is 32.0 Å². The van der Waals surface area contributed by atoms with Crippen molar-refractivity contribution < 1.29 is 35.5 Å². The summed E-state index contributed by atoms with van der Waals surface area (Å²) in [7, 11) is 1.99. The van der Waals surface area contributed by atoms with Crippen LogP contribution in [-0.4, -0.2) is 65.6 Å². The van der Waals surface area contributed by atoms with Crippen molar-refractivity contribution in [1.82, 2.24) is 20.1 Å². The van der Waals surface area contributed by atoms with E-state index in [9.17, 15) is 26.3 Å². The van der Waals surface area contributed by atoms with Crippen LogP contribution in [0.15, 0.2) is 34.9 Å². The largest absolute Gasteiger partial charge is 0.446 e. The van der Waals surface area contributed by atoms with Crippen molar-refractivity contribution in [2.75, 3.05) is 38.1 Å². The molecular formula is C24H23F6N5O2. The highest BCUT2D eigenvalue weighted by Gasteiger charge is 2.86. The van der Waals surface area contributed by atoms with Crippen molar-refractivity contribution in [3.05, 3.63) is 41.9 Å². The van der Waals surface area contributed by atoms with Crippen LogP contribution in [-0.2, 0) is 11.6 Å². The lowest BCUT2D eigenvalue weighted by Crippen LogP contribution is -2.35. The summed E-state index contributed by atoms with van der Waals surface area (Å²) in [5.41, 5.74) is -4.68. The van der Waals surface area contributed by atoms with Crippen LogP contribution in [0.2, 0.25) is 0 Å². The van der Waals surface area contributed by atoms with Gasteiger partial charge in [-0.1, -0.05) is 5.10 Å². The van der Waals surface area contributed by atoms with Gasteiger partial charge in [0.15, 0.2) is 0 Å². The molecule has 7 nitrogen and oxygen atoms in total. The minimum absolute atomic E-state index is 0.128. The summed E-state index contributed by atoms with van der Waals surface area (Å²) in [6, 6.07) is 4.96. The molecule has 2 aromatic heterocycles. The molecule has 2 atom stereocenters. The molecule has 3 aliphatic rings. The zero-order valence-electron chi connectivity index (χ0n) is 19.7. The number of likely N-dealkylation sites (tertiary alicyclic amines) is 1. The maximum atomic E-state index is 14.4. The van der Waals surface area contributed by atoms with Crippen molar-refractivity contribution in [2.24, 2.45) is 5.41 Å². The summed E-state index contributed by atoms with van der Waals surface area (Å²) in [6.45, 7) is 1.05. The molecule has 0 radical (unpaired) electrons. The fraction of sp³-hybridized carbons (Fsp3) is 0.542. The van der Waals surface area contributed by atoms with Gasteiger partial charge in [-0.3, -0.25) is 4.98 Å². The lowest BCUT2D eigenvalue weighted by Gasteiger charge is -2.27. The van der Waals surface area contributed by atoms with Gasteiger partial charge in [-0.05, 0) is 50.6 Å². The van der Waals surface area contributed by atoms with Gasteiger partial charge in [0.1, 0.15) is 11.5 Å². The number of ether oxygens (including phenoxy) is 1. The van der Waals surface area contributed by atoms with Crippen molar-refractivity contribution in [3.63, 3.8) is 0 Å². The normalized spacial score (nSPS) is 27.1. The number of anilines is 1. The van der Waals surface area contributed by atoms with E-state index >= 15 is 0 Å². The zero-order chi connectivity index (χ0) is 26.2. The summed E-state index contributed by atoms with van der Waals surface area (Å²) >= 11 is 0. The number of pyridine rings is 1. The summed E-state index contributed by atoms with van der Waals surface area (Å²) in [4.78, 5) is 7.48. The van der Waals surface area contributed by atoms with Crippen LogP contribution in [0, 0.1) is 5.41 Å². The standard InChI is InChI=1S/C24H23F6N5O2/c1-34-9-6-14(7-10-34)36-20-33-32-19(37-20)21-11-22(21,24(28,29)30)13-35(12-21)17-5-4-16(23(25,26)27)18-15(17)3-2-8-31-18/h2-5,8,14H,6-7,9-13H2,1H3/t21-,22-/m0/s1. The molecule has 2 aliphatic heterocycles. The van der Waals surface area contributed by atoms with E-state index in [1.165, 1.54) is 29.3 Å². The summed E-state index contributed by atoms with van der Waals surface area (Å²) < 4.78 is 95.4. The third-order valence-electron chi connectivity index (χ3n) is 8.00. The van der Waals surface area contributed by atoms with E-state index in [4.69, 9.17) is 9.15 Å². The van der Waals surface area contributed by atoms with E-state index in [0.717, 1.165) is 32.0 Å². The van der Waals surface area contributed by atoms with Gasteiger partial charge in [-0.2, -0.15) is 26.3 Å². The Morgan fingerprint density at radius 2 is 1.78 bits per heavy atom. The second-order valence-electron chi connectivity index (χ2n) is 10.2. The number of aromatic nitrogens is 3. The first-order valence-corrected chi connectivity index (χ1v) is 11.9. The highest BCUT2D eigenvalue weighted by atomic mass is 19.4. The lowest BCUT2D eigenvalue weighted by molar-refractivity contribution is -0.187.